The standard InChI is InChI=1S/C9H19NO3/c1-8(2,12-5)7(10-11)9(3,4)13-6/h11H,1-6H3. The summed E-state index contributed by atoms with van der Waals surface area (Å²) in [6, 6.07) is 0. The lowest BCUT2D eigenvalue weighted by Gasteiger charge is -2.33. The lowest BCUT2D eigenvalue weighted by atomic mass is 9.89. The number of methoxy groups -OCH3 is 2. The number of rotatable bonds is 4. The van der Waals surface area contributed by atoms with Crippen molar-refractivity contribution in [2.75, 3.05) is 14.2 Å². The fraction of sp³-hybridized carbons (Fsp3) is 0.889. The minimum Gasteiger partial charge on any atom is -0.411 e. The Morgan fingerprint density at radius 1 is 1.00 bits per heavy atom. The van der Waals surface area contributed by atoms with Crippen molar-refractivity contribution in [3.05, 3.63) is 0 Å². The van der Waals surface area contributed by atoms with E-state index in [2.05, 4.69) is 5.16 Å². The van der Waals surface area contributed by atoms with Crippen LogP contribution in [0.3, 0.4) is 0 Å². The molecule has 0 aliphatic rings. The Labute approximate surface area is 79.5 Å². The third-order valence-electron chi connectivity index (χ3n) is 2.26. The van der Waals surface area contributed by atoms with Gasteiger partial charge in [0.25, 0.3) is 0 Å². The first kappa shape index (κ1) is 12.4. The SMILES string of the molecule is COC(C)(C)C(=NO)C(C)(C)OC. The molecule has 0 heterocycles. The predicted molar refractivity (Wildman–Crippen MR) is 51.4 cm³/mol. The molecule has 0 spiro atoms. The van der Waals surface area contributed by atoms with E-state index in [9.17, 15) is 0 Å². The van der Waals surface area contributed by atoms with Crippen molar-refractivity contribution < 1.29 is 14.7 Å². The van der Waals surface area contributed by atoms with Gasteiger partial charge in [0.15, 0.2) is 0 Å². The smallest absolute Gasteiger partial charge is 0.119 e. The van der Waals surface area contributed by atoms with Gasteiger partial charge in [0.05, 0.1) is 0 Å². The molecule has 0 atom stereocenters. The zero-order valence-electron chi connectivity index (χ0n) is 9.21. The number of ether oxygens (including phenoxy) is 2. The Kier molecular flexibility index (Phi) is 3.88. The molecule has 4 heteroatoms. The van der Waals surface area contributed by atoms with E-state index in [0.717, 1.165) is 0 Å². The van der Waals surface area contributed by atoms with Crippen LogP contribution in [0.1, 0.15) is 27.7 Å². The molecular formula is C9H19NO3. The molecule has 0 aliphatic heterocycles. The van der Waals surface area contributed by atoms with E-state index in [4.69, 9.17) is 14.7 Å². The molecule has 0 aromatic rings. The lowest BCUT2D eigenvalue weighted by Crippen LogP contribution is -2.48. The Bertz CT molecular complexity index is 179. The zero-order valence-corrected chi connectivity index (χ0v) is 9.21. The summed E-state index contributed by atoms with van der Waals surface area (Å²) in [5.74, 6) is 0. The first-order chi connectivity index (χ1) is 5.81. The second-order valence-electron chi connectivity index (χ2n) is 3.88. The van der Waals surface area contributed by atoms with Crippen molar-refractivity contribution in [3.8, 4) is 0 Å². The molecule has 0 radical (unpaired) electrons. The van der Waals surface area contributed by atoms with Crippen molar-refractivity contribution in [3.63, 3.8) is 0 Å². The van der Waals surface area contributed by atoms with Gasteiger partial charge in [-0.05, 0) is 27.7 Å². The maximum atomic E-state index is 8.89. The topological polar surface area (TPSA) is 51.0 Å². The number of hydrogen-bond donors (Lipinski definition) is 1. The molecule has 13 heavy (non-hydrogen) atoms. The van der Waals surface area contributed by atoms with Crippen LogP contribution in [0.15, 0.2) is 5.16 Å². The molecular weight excluding hydrogens is 170 g/mol. The van der Waals surface area contributed by atoms with Crippen LogP contribution in [0.4, 0.5) is 0 Å². The van der Waals surface area contributed by atoms with Gasteiger partial charge in [-0.2, -0.15) is 0 Å². The van der Waals surface area contributed by atoms with Gasteiger partial charge in [-0.15, -0.1) is 0 Å². The largest absolute Gasteiger partial charge is 0.411 e. The molecule has 0 rings (SSSR count). The van der Waals surface area contributed by atoms with Gasteiger partial charge < -0.3 is 14.7 Å². The normalized spacial score (nSPS) is 12.8. The van der Waals surface area contributed by atoms with Crippen LogP contribution in [-0.2, 0) is 9.47 Å². The summed E-state index contributed by atoms with van der Waals surface area (Å²) in [4.78, 5) is 0. The minimum absolute atomic E-state index is 0.463. The summed E-state index contributed by atoms with van der Waals surface area (Å²) in [6.07, 6.45) is 0. The molecule has 0 saturated carbocycles. The highest BCUT2D eigenvalue weighted by atomic mass is 16.5. The third kappa shape index (κ3) is 2.67. The first-order valence-electron chi connectivity index (χ1n) is 4.15. The molecule has 0 aliphatic carbocycles. The first-order valence-corrected chi connectivity index (χ1v) is 4.15. The Hall–Kier alpha value is -0.610. The van der Waals surface area contributed by atoms with Crippen molar-refractivity contribution in [2.24, 2.45) is 5.16 Å². The van der Waals surface area contributed by atoms with Crippen molar-refractivity contribution in [1.82, 2.24) is 0 Å². The van der Waals surface area contributed by atoms with Crippen molar-refractivity contribution >= 4 is 5.71 Å². The monoisotopic (exact) mass is 189 g/mol. The van der Waals surface area contributed by atoms with Crippen molar-refractivity contribution in [2.45, 2.75) is 38.9 Å². The maximum Gasteiger partial charge on any atom is 0.119 e. The van der Waals surface area contributed by atoms with Gasteiger partial charge in [-0.25, -0.2) is 0 Å². The molecule has 0 unspecified atom stereocenters. The van der Waals surface area contributed by atoms with Gasteiger partial charge in [0.1, 0.15) is 16.9 Å². The van der Waals surface area contributed by atoms with Crippen molar-refractivity contribution in [1.29, 1.82) is 0 Å². The molecule has 0 amide bonds. The highest BCUT2D eigenvalue weighted by molar-refractivity contribution is 5.98. The van der Waals surface area contributed by atoms with Crippen LogP contribution < -0.4 is 0 Å². The fourth-order valence-corrected chi connectivity index (χ4v) is 1.16. The average Bonchev–Trinajstić information content (AvgIpc) is 2.05. The van der Waals surface area contributed by atoms with Gasteiger partial charge in [0, 0.05) is 14.2 Å². The average molecular weight is 189 g/mol. The van der Waals surface area contributed by atoms with E-state index in [1.54, 1.807) is 14.2 Å². The fourth-order valence-electron chi connectivity index (χ4n) is 1.16. The number of nitrogens with zero attached hydrogens (tertiary/aromatic N) is 1. The van der Waals surface area contributed by atoms with Gasteiger partial charge >= 0.3 is 0 Å². The summed E-state index contributed by atoms with van der Waals surface area (Å²) < 4.78 is 10.4. The highest BCUT2D eigenvalue weighted by Gasteiger charge is 2.37. The maximum absolute atomic E-state index is 8.89. The summed E-state index contributed by atoms with van der Waals surface area (Å²) in [7, 11) is 3.13. The van der Waals surface area contributed by atoms with Crippen LogP contribution in [0.2, 0.25) is 0 Å². The summed E-state index contributed by atoms with van der Waals surface area (Å²) >= 11 is 0. The van der Waals surface area contributed by atoms with Crippen LogP contribution in [0.25, 0.3) is 0 Å². The molecule has 0 saturated heterocycles. The van der Waals surface area contributed by atoms with Gasteiger partial charge in [-0.3, -0.25) is 0 Å². The summed E-state index contributed by atoms with van der Waals surface area (Å²) in [5.41, 5.74) is -0.798. The second-order valence-corrected chi connectivity index (χ2v) is 3.88. The quantitative estimate of drug-likeness (QED) is 0.416. The van der Waals surface area contributed by atoms with E-state index in [1.165, 1.54) is 0 Å². The van der Waals surface area contributed by atoms with Crippen LogP contribution in [-0.4, -0.2) is 36.3 Å². The molecule has 4 nitrogen and oxygen atoms in total. The van der Waals surface area contributed by atoms with E-state index >= 15 is 0 Å². The van der Waals surface area contributed by atoms with Crippen LogP contribution in [0.5, 0.6) is 0 Å². The summed E-state index contributed by atoms with van der Waals surface area (Å²) in [6.45, 7) is 7.29. The highest BCUT2D eigenvalue weighted by Crippen LogP contribution is 2.22. The number of hydrogen-bond acceptors (Lipinski definition) is 4. The van der Waals surface area contributed by atoms with E-state index in [1.807, 2.05) is 27.7 Å². The minimum atomic E-state index is -0.631. The molecule has 0 aromatic carbocycles. The van der Waals surface area contributed by atoms with Gasteiger partial charge in [0.2, 0.25) is 0 Å². The van der Waals surface area contributed by atoms with E-state index in [-0.39, 0.29) is 0 Å². The Morgan fingerprint density at radius 2 is 1.31 bits per heavy atom. The summed E-state index contributed by atoms with van der Waals surface area (Å²) in [5, 5.41) is 12.1. The Balaban J connectivity index is 4.94. The Morgan fingerprint density at radius 3 is 1.46 bits per heavy atom. The molecule has 0 aromatic heterocycles. The number of oxime groups is 1. The molecule has 0 bridgehead atoms. The van der Waals surface area contributed by atoms with Crippen LogP contribution >= 0.6 is 0 Å². The predicted octanol–water partition coefficient (Wildman–Crippen LogP) is 1.67. The van der Waals surface area contributed by atoms with E-state index in [0.29, 0.717) is 5.71 Å². The third-order valence-corrected chi connectivity index (χ3v) is 2.26. The second kappa shape index (κ2) is 4.07. The molecule has 0 fully saturated rings. The zero-order chi connectivity index (χ0) is 10.7. The van der Waals surface area contributed by atoms with Crippen LogP contribution in [0, 0.1) is 0 Å². The molecule has 1 N–H and O–H groups in total. The molecule has 78 valence electrons. The van der Waals surface area contributed by atoms with Gasteiger partial charge in [-0.1, -0.05) is 5.16 Å². The lowest BCUT2D eigenvalue weighted by molar-refractivity contribution is 0.0307. The van der Waals surface area contributed by atoms with E-state index < -0.39 is 11.2 Å².